The van der Waals surface area contributed by atoms with Crippen LogP contribution >= 0.6 is 15.9 Å². The number of carbonyl (C=O) groups is 1. The van der Waals surface area contributed by atoms with Crippen LogP contribution in [0, 0.1) is 0 Å². The van der Waals surface area contributed by atoms with Crippen LogP contribution in [-0.2, 0) is 0 Å². The number of halogens is 1. The first-order chi connectivity index (χ1) is 8.08. The van der Waals surface area contributed by atoms with Crippen LogP contribution < -0.4 is 0 Å². The minimum Gasteiger partial charge on any atom is -0.343 e. The molecule has 0 saturated heterocycles. The Labute approximate surface area is 106 Å². The normalized spacial score (nSPS) is 10.3. The van der Waals surface area contributed by atoms with Crippen molar-refractivity contribution in [2.75, 3.05) is 14.1 Å². The van der Waals surface area contributed by atoms with Crippen molar-refractivity contribution in [1.29, 1.82) is 0 Å². The third-order valence-corrected chi connectivity index (χ3v) is 2.47. The zero-order valence-electron chi connectivity index (χ0n) is 9.33. The van der Waals surface area contributed by atoms with Crippen LogP contribution in [0.1, 0.15) is 10.5 Å². The molecule has 7 heteroatoms. The van der Waals surface area contributed by atoms with Gasteiger partial charge in [-0.05, 0) is 28.1 Å². The zero-order chi connectivity index (χ0) is 12.4. The fraction of sp³-hybridized carbons (Fsp3) is 0.200. The van der Waals surface area contributed by atoms with E-state index in [4.69, 9.17) is 0 Å². The second-order valence-electron chi connectivity index (χ2n) is 3.58. The van der Waals surface area contributed by atoms with Crippen LogP contribution in [0.3, 0.4) is 0 Å². The molecule has 17 heavy (non-hydrogen) atoms. The molecule has 2 rings (SSSR count). The Hall–Kier alpha value is -1.76. The van der Waals surface area contributed by atoms with E-state index in [0.717, 1.165) is 4.47 Å². The van der Waals surface area contributed by atoms with Crippen molar-refractivity contribution >= 4 is 21.8 Å². The molecule has 0 saturated carbocycles. The molecule has 0 fully saturated rings. The van der Waals surface area contributed by atoms with Crippen molar-refractivity contribution in [2.45, 2.75) is 0 Å². The van der Waals surface area contributed by atoms with Gasteiger partial charge in [0.25, 0.3) is 5.91 Å². The Morgan fingerprint density at radius 2 is 2.12 bits per heavy atom. The van der Waals surface area contributed by atoms with Gasteiger partial charge in [-0.25, -0.2) is 4.68 Å². The predicted octanol–water partition coefficient (Wildman–Crippen LogP) is 1.13. The van der Waals surface area contributed by atoms with E-state index in [1.807, 2.05) is 0 Å². The largest absolute Gasteiger partial charge is 0.343 e. The second-order valence-corrected chi connectivity index (χ2v) is 4.50. The number of nitrogens with zero attached hydrogens (tertiary/aromatic N) is 5. The zero-order valence-corrected chi connectivity index (χ0v) is 10.9. The first-order valence-electron chi connectivity index (χ1n) is 4.84. The molecular weight excluding hydrogens is 286 g/mol. The van der Waals surface area contributed by atoms with Gasteiger partial charge < -0.3 is 4.90 Å². The quantitative estimate of drug-likeness (QED) is 0.833. The van der Waals surface area contributed by atoms with Gasteiger partial charge in [-0.15, -0.1) is 10.2 Å². The maximum absolute atomic E-state index is 11.6. The van der Waals surface area contributed by atoms with Crippen LogP contribution in [0.25, 0.3) is 5.82 Å². The molecule has 0 bridgehead atoms. The van der Waals surface area contributed by atoms with Gasteiger partial charge in [-0.3, -0.25) is 4.79 Å². The van der Waals surface area contributed by atoms with Gasteiger partial charge in [0.2, 0.25) is 0 Å². The average Bonchev–Trinajstić information content (AvgIpc) is 2.75. The molecule has 0 aliphatic heterocycles. The molecule has 0 N–H and O–H groups in total. The number of rotatable bonds is 2. The molecule has 6 nitrogen and oxygen atoms in total. The van der Waals surface area contributed by atoms with Crippen LogP contribution in [0.5, 0.6) is 0 Å². The lowest BCUT2D eigenvalue weighted by Crippen LogP contribution is -2.23. The highest BCUT2D eigenvalue weighted by molar-refractivity contribution is 9.10. The van der Waals surface area contributed by atoms with E-state index in [0.29, 0.717) is 11.5 Å². The van der Waals surface area contributed by atoms with E-state index in [-0.39, 0.29) is 5.91 Å². The summed E-state index contributed by atoms with van der Waals surface area (Å²) in [6, 6.07) is 3.32. The molecule has 0 aliphatic rings. The minimum atomic E-state index is -0.175. The highest BCUT2D eigenvalue weighted by Crippen LogP contribution is 2.10. The number of amides is 1. The standard InChI is InChI=1S/C10H10BrN5O/c1-15(2)10(17)8-3-4-9(14-13-8)16-6-7(11)5-12-16/h3-6H,1-2H3. The third-order valence-electron chi connectivity index (χ3n) is 2.06. The van der Waals surface area contributed by atoms with Crippen molar-refractivity contribution in [3.63, 3.8) is 0 Å². The summed E-state index contributed by atoms with van der Waals surface area (Å²) in [6.45, 7) is 0. The van der Waals surface area contributed by atoms with Crippen molar-refractivity contribution in [1.82, 2.24) is 24.9 Å². The lowest BCUT2D eigenvalue weighted by molar-refractivity contribution is 0.0821. The Balaban J connectivity index is 2.27. The Morgan fingerprint density at radius 1 is 1.35 bits per heavy atom. The van der Waals surface area contributed by atoms with Gasteiger partial charge in [0, 0.05) is 20.3 Å². The molecule has 1 amide bonds. The lowest BCUT2D eigenvalue weighted by Gasteiger charge is -2.08. The Bertz CT molecular complexity index is 534. The molecule has 0 radical (unpaired) electrons. The Morgan fingerprint density at radius 3 is 2.59 bits per heavy atom. The van der Waals surface area contributed by atoms with Gasteiger partial charge in [-0.2, -0.15) is 5.10 Å². The molecule has 88 valence electrons. The van der Waals surface area contributed by atoms with Crippen LogP contribution in [0.4, 0.5) is 0 Å². The van der Waals surface area contributed by atoms with Crippen molar-refractivity contribution in [3.8, 4) is 5.82 Å². The SMILES string of the molecule is CN(C)C(=O)c1ccc(-n2cc(Br)cn2)nn1. The molecule has 2 heterocycles. The van der Waals surface area contributed by atoms with Gasteiger partial charge >= 0.3 is 0 Å². The summed E-state index contributed by atoms with van der Waals surface area (Å²) in [5.74, 6) is 0.386. The summed E-state index contributed by atoms with van der Waals surface area (Å²) in [5, 5.41) is 11.9. The van der Waals surface area contributed by atoms with Crippen LogP contribution in [0.2, 0.25) is 0 Å². The molecule has 2 aromatic rings. The van der Waals surface area contributed by atoms with Gasteiger partial charge in [-0.1, -0.05) is 0 Å². The summed E-state index contributed by atoms with van der Waals surface area (Å²) in [6.07, 6.45) is 3.41. The summed E-state index contributed by atoms with van der Waals surface area (Å²) in [4.78, 5) is 13.0. The highest BCUT2D eigenvalue weighted by atomic mass is 79.9. The van der Waals surface area contributed by atoms with Crippen LogP contribution in [0.15, 0.2) is 29.0 Å². The molecule has 0 spiro atoms. The fourth-order valence-corrected chi connectivity index (χ4v) is 1.50. The summed E-state index contributed by atoms with van der Waals surface area (Å²) < 4.78 is 2.42. The molecule has 0 unspecified atom stereocenters. The fourth-order valence-electron chi connectivity index (χ4n) is 1.22. The van der Waals surface area contributed by atoms with E-state index >= 15 is 0 Å². The smallest absolute Gasteiger partial charge is 0.273 e. The topological polar surface area (TPSA) is 63.9 Å². The molecule has 0 atom stereocenters. The minimum absolute atomic E-state index is 0.175. The van der Waals surface area contributed by atoms with Crippen molar-refractivity contribution < 1.29 is 4.79 Å². The summed E-state index contributed by atoms with van der Waals surface area (Å²) in [7, 11) is 3.34. The van der Waals surface area contributed by atoms with E-state index in [9.17, 15) is 4.79 Å². The van der Waals surface area contributed by atoms with Gasteiger partial charge in [0.1, 0.15) is 0 Å². The first kappa shape index (κ1) is 11.7. The van der Waals surface area contributed by atoms with Gasteiger partial charge in [0.05, 0.1) is 10.7 Å². The van der Waals surface area contributed by atoms with Crippen LogP contribution in [-0.4, -0.2) is 44.9 Å². The number of hydrogen-bond acceptors (Lipinski definition) is 4. The third kappa shape index (κ3) is 2.50. The van der Waals surface area contributed by atoms with E-state index in [1.54, 1.807) is 43.3 Å². The van der Waals surface area contributed by atoms with E-state index in [2.05, 4.69) is 31.2 Å². The number of hydrogen-bond donors (Lipinski definition) is 0. The second kappa shape index (κ2) is 4.62. The maximum atomic E-state index is 11.6. The van der Waals surface area contributed by atoms with E-state index in [1.165, 1.54) is 4.90 Å². The molecule has 0 aliphatic carbocycles. The average molecular weight is 296 g/mol. The van der Waals surface area contributed by atoms with Crippen molar-refractivity contribution in [3.05, 3.63) is 34.7 Å². The maximum Gasteiger partial charge on any atom is 0.273 e. The highest BCUT2D eigenvalue weighted by Gasteiger charge is 2.10. The molecule has 2 aromatic heterocycles. The summed E-state index contributed by atoms with van der Waals surface area (Å²) in [5.41, 5.74) is 0.310. The monoisotopic (exact) mass is 295 g/mol. The molecular formula is C10H10BrN5O. The van der Waals surface area contributed by atoms with Gasteiger partial charge in [0.15, 0.2) is 11.5 Å². The van der Waals surface area contributed by atoms with Crippen molar-refractivity contribution in [2.24, 2.45) is 0 Å². The predicted molar refractivity (Wildman–Crippen MR) is 64.9 cm³/mol. The number of aromatic nitrogens is 4. The Kier molecular flexibility index (Phi) is 3.19. The molecule has 0 aromatic carbocycles. The number of carbonyl (C=O) groups excluding carboxylic acids is 1. The first-order valence-corrected chi connectivity index (χ1v) is 5.63. The van der Waals surface area contributed by atoms with E-state index < -0.39 is 0 Å². The summed E-state index contributed by atoms with van der Waals surface area (Å²) >= 11 is 3.29. The lowest BCUT2D eigenvalue weighted by atomic mass is 10.3.